The zero-order chi connectivity index (χ0) is 17.4. The molecule has 2 N–H and O–H groups in total. The van der Waals surface area contributed by atoms with Crippen LogP contribution in [0, 0.1) is 0 Å². The molecule has 2 aromatic carbocycles. The number of methoxy groups -OCH3 is 1. The third-order valence-electron chi connectivity index (χ3n) is 4.34. The highest BCUT2D eigenvalue weighted by Gasteiger charge is 2.16. The van der Waals surface area contributed by atoms with E-state index in [1.807, 2.05) is 12.1 Å². The minimum atomic E-state index is 0.270. The molecular formula is C21H29NO2. The van der Waals surface area contributed by atoms with Crippen molar-refractivity contribution in [1.82, 2.24) is 0 Å². The topological polar surface area (TPSA) is 44.5 Å². The van der Waals surface area contributed by atoms with Gasteiger partial charge in [0.05, 0.1) is 13.7 Å². The van der Waals surface area contributed by atoms with Crippen molar-refractivity contribution in [2.45, 2.75) is 39.0 Å². The molecule has 0 radical (unpaired) electrons. The van der Waals surface area contributed by atoms with Crippen LogP contribution in [0.4, 0.5) is 0 Å². The number of rotatable bonds is 9. The number of ether oxygens (including phenoxy) is 2. The highest BCUT2D eigenvalue weighted by Crippen LogP contribution is 2.34. The molecule has 1 unspecified atom stereocenters. The number of para-hydroxylation sites is 1. The van der Waals surface area contributed by atoms with E-state index >= 15 is 0 Å². The Labute approximate surface area is 145 Å². The largest absolute Gasteiger partial charge is 0.493 e. The summed E-state index contributed by atoms with van der Waals surface area (Å²) in [5, 5.41) is 0. The molecule has 3 nitrogen and oxygen atoms in total. The van der Waals surface area contributed by atoms with Gasteiger partial charge in [0, 0.05) is 5.92 Å². The van der Waals surface area contributed by atoms with Crippen LogP contribution in [0.1, 0.15) is 42.9 Å². The fraction of sp³-hybridized carbons (Fsp3) is 0.429. The fourth-order valence-electron chi connectivity index (χ4n) is 2.88. The Bertz CT molecular complexity index is 622. The molecule has 0 saturated heterocycles. The summed E-state index contributed by atoms with van der Waals surface area (Å²) in [7, 11) is 1.68. The van der Waals surface area contributed by atoms with E-state index in [2.05, 4.69) is 44.2 Å². The molecule has 1 atom stereocenters. The van der Waals surface area contributed by atoms with Crippen molar-refractivity contribution in [2.24, 2.45) is 5.73 Å². The second-order valence-electron chi connectivity index (χ2n) is 6.03. The normalized spacial score (nSPS) is 12.0. The Kier molecular flexibility index (Phi) is 7.13. The lowest BCUT2D eigenvalue weighted by atomic mass is 9.91. The second kappa shape index (κ2) is 9.33. The number of benzene rings is 2. The third kappa shape index (κ3) is 4.51. The first-order valence-electron chi connectivity index (χ1n) is 8.81. The van der Waals surface area contributed by atoms with Crippen molar-refractivity contribution in [1.29, 1.82) is 0 Å². The summed E-state index contributed by atoms with van der Waals surface area (Å²) in [6.45, 7) is 5.57. The zero-order valence-corrected chi connectivity index (χ0v) is 15.0. The zero-order valence-electron chi connectivity index (χ0n) is 15.0. The molecule has 2 aromatic rings. The molecule has 0 aliphatic rings. The minimum absolute atomic E-state index is 0.270. The molecule has 0 amide bonds. The number of hydrogen-bond acceptors (Lipinski definition) is 3. The molecule has 0 fully saturated rings. The summed E-state index contributed by atoms with van der Waals surface area (Å²) in [6.07, 6.45) is 2.87. The second-order valence-corrected chi connectivity index (χ2v) is 6.03. The summed E-state index contributed by atoms with van der Waals surface area (Å²) < 4.78 is 11.4. The molecule has 0 heterocycles. The standard InChI is InChI=1S/C21H29NO2/c1-4-13-24-21-18(7-6-8-20(21)23-3)14-19(15-22)17-11-9-16(5-2)10-12-17/h6-12,19H,4-5,13-15,22H2,1-3H3. The van der Waals surface area contributed by atoms with Gasteiger partial charge in [-0.15, -0.1) is 0 Å². The van der Waals surface area contributed by atoms with Crippen molar-refractivity contribution in [2.75, 3.05) is 20.3 Å². The monoisotopic (exact) mass is 327 g/mol. The van der Waals surface area contributed by atoms with Gasteiger partial charge >= 0.3 is 0 Å². The van der Waals surface area contributed by atoms with Crippen LogP contribution in [0.5, 0.6) is 11.5 Å². The smallest absolute Gasteiger partial charge is 0.164 e. The van der Waals surface area contributed by atoms with Crippen molar-refractivity contribution >= 4 is 0 Å². The van der Waals surface area contributed by atoms with E-state index in [1.165, 1.54) is 11.1 Å². The predicted molar refractivity (Wildman–Crippen MR) is 100 cm³/mol. The average molecular weight is 327 g/mol. The van der Waals surface area contributed by atoms with Crippen molar-refractivity contribution in [3.05, 3.63) is 59.2 Å². The number of nitrogens with two attached hydrogens (primary N) is 1. The van der Waals surface area contributed by atoms with Crippen molar-refractivity contribution in [3.63, 3.8) is 0 Å². The van der Waals surface area contributed by atoms with E-state index < -0.39 is 0 Å². The van der Waals surface area contributed by atoms with E-state index in [0.29, 0.717) is 13.2 Å². The van der Waals surface area contributed by atoms with E-state index in [1.54, 1.807) is 7.11 Å². The quantitative estimate of drug-likeness (QED) is 0.745. The molecule has 0 aliphatic carbocycles. The number of aryl methyl sites for hydroxylation is 1. The van der Waals surface area contributed by atoms with Gasteiger partial charge in [-0.3, -0.25) is 0 Å². The van der Waals surface area contributed by atoms with E-state index in [9.17, 15) is 0 Å². The first-order chi connectivity index (χ1) is 11.7. The van der Waals surface area contributed by atoms with E-state index in [4.69, 9.17) is 15.2 Å². The Morgan fingerprint density at radius 2 is 1.79 bits per heavy atom. The predicted octanol–water partition coefficient (Wildman–Crippen LogP) is 4.33. The fourth-order valence-corrected chi connectivity index (χ4v) is 2.88. The first-order valence-corrected chi connectivity index (χ1v) is 8.81. The van der Waals surface area contributed by atoms with Crippen LogP contribution >= 0.6 is 0 Å². The maximum absolute atomic E-state index is 6.07. The van der Waals surface area contributed by atoms with Crippen LogP contribution in [0.15, 0.2) is 42.5 Å². The minimum Gasteiger partial charge on any atom is -0.493 e. The highest BCUT2D eigenvalue weighted by molar-refractivity contribution is 5.47. The van der Waals surface area contributed by atoms with E-state index in [0.717, 1.165) is 36.3 Å². The van der Waals surface area contributed by atoms with Crippen molar-refractivity contribution in [3.8, 4) is 11.5 Å². The molecule has 130 valence electrons. The van der Waals surface area contributed by atoms with Crippen LogP contribution in [-0.4, -0.2) is 20.3 Å². The Morgan fingerprint density at radius 3 is 2.38 bits per heavy atom. The van der Waals surface area contributed by atoms with Gasteiger partial charge in [-0.05, 0) is 48.6 Å². The van der Waals surface area contributed by atoms with Gasteiger partial charge in [-0.25, -0.2) is 0 Å². The Hall–Kier alpha value is -2.00. The SMILES string of the molecule is CCCOc1c(CC(CN)c2ccc(CC)cc2)cccc1OC. The van der Waals surface area contributed by atoms with Crippen LogP contribution in [0.2, 0.25) is 0 Å². The average Bonchev–Trinajstić information content (AvgIpc) is 2.64. The van der Waals surface area contributed by atoms with Crippen LogP contribution < -0.4 is 15.2 Å². The highest BCUT2D eigenvalue weighted by atomic mass is 16.5. The molecule has 0 aromatic heterocycles. The molecule has 24 heavy (non-hydrogen) atoms. The summed E-state index contributed by atoms with van der Waals surface area (Å²) in [5.74, 6) is 1.91. The third-order valence-corrected chi connectivity index (χ3v) is 4.34. The van der Waals surface area contributed by atoms with Gasteiger partial charge in [0.2, 0.25) is 0 Å². The van der Waals surface area contributed by atoms with Gasteiger partial charge in [0.1, 0.15) is 0 Å². The summed E-state index contributed by atoms with van der Waals surface area (Å²) in [6, 6.07) is 14.8. The Balaban J connectivity index is 2.25. The molecule has 0 saturated carbocycles. The van der Waals surface area contributed by atoms with Gasteiger partial charge in [-0.1, -0.05) is 50.2 Å². The first kappa shape index (κ1) is 18.3. The molecular weight excluding hydrogens is 298 g/mol. The van der Waals surface area contributed by atoms with Gasteiger partial charge < -0.3 is 15.2 Å². The van der Waals surface area contributed by atoms with Gasteiger partial charge in [0.15, 0.2) is 11.5 Å². The maximum Gasteiger partial charge on any atom is 0.164 e. The van der Waals surface area contributed by atoms with Gasteiger partial charge in [0.25, 0.3) is 0 Å². The van der Waals surface area contributed by atoms with Gasteiger partial charge in [-0.2, -0.15) is 0 Å². The summed E-state index contributed by atoms with van der Waals surface area (Å²) >= 11 is 0. The maximum atomic E-state index is 6.07. The summed E-state index contributed by atoms with van der Waals surface area (Å²) in [5.41, 5.74) is 9.85. The molecule has 0 spiro atoms. The van der Waals surface area contributed by atoms with Crippen LogP contribution in [0.25, 0.3) is 0 Å². The molecule has 3 heteroatoms. The number of hydrogen-bond donors (Lipinski definition) is 1. The molecule has 0 bridgehead atoms. The lowest BCUT2D eigenvalue weighted by Gasteiger charge is -2.20. The van der Waals surface area contributed by atoms with Crippen LogP contribution in [0.3, 0.4) is 0 Å². The van der Waals surface area contributed by atoms with E-state index in [-0.39, 0.29) is 5.92 Å². The molecule has 0 aliphatic heterocycles. The van der Waals surface area contributed by atoms with Crippen molar-refractivity contribution < 1.29 is 9.47 Å². The summed E-state index contributed by atoms with van der Waals surface area (Å²) in [4.78, 5) is 0. The Morgan fingerprint density at radius 1 is 1.04 bits per heavy atom. The van der Waals surface area contributed by atoms with Crippen LogP contribution in [-0.2, 0) is 12.8 Å². The molecule has 2 rings (SSSR count). The lowest BCUT2D eigenvalue weighted by molar-refractivity contribution is 0.290. The lowest BCUT2D eigenvalue weighted by Crippen LogP contribution is -2.16.